The molecular weight excluding hydrogens is 360 g/mol. The van der Waals surface area contributed by atoms with Crippen LogP contribution in [0.5, 0.6) is 0 Å². The van der Waals surface area contributed by atoms with Gasteiger partial charge in [-0.3, -0.25) is 4.79 Å². The Labute approximate surface area is 134 Å². The smallest absolute Gasteiger partial charge is 0.172 e. The van der Waals surface area contributed by atoms with Crippen molar-refractivity contribution >= 4 is 45.0 Å². The number of halogens is 3. The SMILES string of the molecule is CO.Nc1cc(C=O)c(Nc2ccc(Br)cc2F)c(F)c1N. The molecule has 0 aliphatic carbocycles. The Hall–Kier alpha value is -2.19. The van der Waals surface area contributed by atoms with Gasteiger partial charge in [0.1, 0.15) is 5.82 Å². The third-order valence-electron chi connectivity index (χ3n) is 2.68. The van der Waals surface area contributed by atoms with E-state index in [1.807, 2.05) is 0 Å². The molecule has 0 aliphatic heterocycles. The predicted molar refractivity (Wildman–Crippen MR) is 86.1 cm³/mol. The van der Waals surface area contributed by atoms with Crippen LogP contribution in [0.3, 0.4) is 0 Å². The largest absolute Gasteiger partial charge is 0.400 e. The molecule has 0 aliphatic rings. The second-order valence-corrected chi connectivity index (χ2v) is 4.94. The van der Waals surface area contributed by atoms with Crippen molar-refractivity contribution in [2.24, 2.45) is 0 Å². The van der Waals surface area contributed by atoms with Crippen molar-refractivity contribution in [3.63, 3.8) is 0 Å². The predicted octanol–water partition coefficient (Wildman–Crippen LogP) is 3.06. The topological polar surface area (TPSA) is 101 Å². The first-order valence-corrected chi connectivity index (χ1v) is 6.72. The molecule has 0 saturated heterocycles. The fourth-order valence-corrected chi connectivity index (χ4v) is 1.98. The van der Waals surface area contributed by atoms with E-state index in [2.05, 4.69) is 21.2 Å². The number of nitrogen functional groups attached to an aromatic ring is 2. The summed E-state index contributed by atoms with van der Waals surface area (Å²) in [7, 11) is 1.00. The van der Waals surface area contributed by atoms with E-state index in [0.29, 0.717) is 10.8 Å². The number of carbonyl (C=O) groups is 1. The number of benzene rings is 2. The maximum absolute atomic E-state index is 14.0. The second kappa shape index (κ2) is 7.71. The van der Waals surface area contributed by atoms with Crippen LogP contribution in [0.15, 0.2) is 28.7 Å². The highest BCUT2D eigenvalue weighted by molar-refractivity contribution is 9.10. The number of nitrogens with one attached hydrogen (secondary N) is 1. The van der Waals surface area contributed by atoms with E-state index in [4.69, 9.17) is 16.6 Å². The molecule has 2 rings (SSSR count). The van der Waals surface area contributed by atoms with Gasteiger partial charge in [0.25, 0.3) is 0 Å². The van der Waals surface area contributed by atoms with Gasteiger partial charge in [0.05, 0.1) is 22.7 Å². The van der Waals surface area contributed by atoms with Gasteiger partial charge in [0.15, 0.2) is 12.1 Å². The maximum Gasteiger partial charge on any atom is 0.172 e. The number of rotatable bonds is 3. The minimum atomic E-state index is -0.894. The van der Waals surface area contributed by atoms with Gasteiger partial charge >= 0.3 is 0 Å². The van der Waals surface area contributed by atoms with E-state index >= 15 is 0 Å². The van der Waals surface area contributed by atoms with Gasteiger partial charge in [0.2, 0.25) is 0 Å². The van der Waals surface area contributed by atoms with Crippen molar-refractivity contribution in [1.82, 2.24) is 0 Å². The molecule has 0 amide bonds. The van der Waals surface area contributed by atoms with Crippen molar-refractivity contribution < 1.29 is 18.7 Å². The summed E-state index contributed by atoms with van der Waals surface area (Å²) >= 11 is 3.11. The Balaban J connectivity index is 0.00000116. The summed E-state index contributed by atoms with van der Waals surface area (Å²) in [5, 5.41) is 9.52. The normalized spacial score (nSPS) is 9.68. The molecule has 0 saturated carbocycles. The quantitative estimate of drug-likeness (QED) is 0.489. The minimum absolute atomic E-state index is 0.0133. The number of hydrogen-bond donors (Lipinski definition) is 4. The number of aliphatic hydroxyl groups excluding tert-OH is 1. The summed E-state index contributed by atoms with van der Waals surface area (Å²) in [5.74, 6) is -1.50. The molecule has 0 aromatic heterocycles. The Morgan fingerprint density at radius 3 is 2.41 bits per heavy atom. The number of aliphatic hydroxyl groups is 1. The highest BCUT2D eigenvalue weighted by Gasteiger charge is 2.16. The molecule has 118 valence electrons. The van der Waals surface area contributed by atoms with Gasteiger partial charge in [-0.25, -0.2) is 8.78 Å². The monoisotopic (exact) mass is 373 g/mol. The van der Waals surface area contributed by atoms with E-state index in [-0.39, 0.29) is 28.3 Å². The summed E-state index contributed by atoms with van der Waals surface area (Å²) in [6.07, 6.45) is 0.415. The summed E-state index contributed by atoms with van der Waals surface area (Å²) in [6.45, 7) is 0. The fraction of sp³-hybridized carbons (Fsp3) is 0.0714. The first kappa shape index (κ1) is 17.9. The molecule has 0 spiro atoms. The zero-order valence-electron chi connectivity index (χ0n) is 11.5. The molecule has 0 heterocycles. The molecule has 0 atom stereocenters. The minimum Gasteiger partial charge on any atom is -0.400 e. The van der Waals surface area contributed by atoms with Gasteiger partial charge in [-0.05, 0) is 24.3 Å². The third-order valence-corrected chi connectivity index (χ3v) is 3.18. The number of anilines is 4. The highest BCUT2D eigenvalue weighted by Crippen LogP contribution is 2.32. The average Bonchev–Trinajstić information content (AvgIpc) is 2.51. The van der Waals surface area contributed by atoms with E-state index in [0.717, 1.165) is 7.11 Å². The standard InChI is InChI=1S/C13H10BrF2N3O.CH4O/c14-7-1-2-10(8(15)4-7)19-13-6(5-20)3-9(17)12(18)11(13)16;1-2/h1-5,19H,17-18H2;2H,1H3. The van der Waals surface area contributed by atoms with Gasteiger partial charge < -0.3 is 21.9 Å². The number of carbonyl (C=O) groups excluding carboxylic acids is 1. The van der Waals surface area contributed by atoms with Crippen LogP contribution in [0, 0.1) is 11.6 Å². The zero-order chi connectivity index (χ0) is 16.9. The van der Waals surface area contributed by atoms with E-state index in [1.165, 1.54) is 18.2 Å². The van der Waals surface area contributed by atoms with Crippen LogP contribution in [0.4, 0.5) is 31.5 Å². The summed E-state index contributed by atoms with van der Waals surface area (Å²) in [6, 6.07) is 5.41. The highest BCUT2D eigenvalue weighted by atomic mass is 79.9. The van der Waals surface area contributed by atoms with Crippen LogP contribution >= 0.6 is 15.9 Å². The summed E-state index contributed by atoms with van der Waals surface area (Å²) in [4.78, 5) is 11.0. The van der Waals surface area contributed by atoms with Crippen LogP contribution in [0.1, 0.15) is 10.4 Å². The maximum atomic E-state index is 14.0. The van der Waals surface area contributed by atoms with Gasteiger partial charge in [-0.1, -0.05) is 15.9 Å². The molecule has 0 radical (unpaired) electrons. The molecule has 5 nitrogen and oxygen atoms in total. The first-order valence-electron chi connectivity index (χ1n) is 5.93. The van der Waals surface area contributed by atoms with E-state index in [9.17, 15) is 13.6 Å². The molecule has 2 aromatic rings. The average molecular weight is 374 g/mol. The Morgan fingerprint density at radius 1 is 1.23 bits per heavy atom. The molecule has 0 fully saturated rings. The lowest BCUT2D eigenvalue weighted by molar-refractivity contribution is 0.112. The number of nitrogens with two attached hydrogens (primary N) is 2. The van der Waals surface area contributed by atoms with Crippen molar-refractivity contribution in [1.29, 1.82) is 0 Å². The van der Waals surface area contributed by atoms with Crippen LogP contribution in [-0.2, 0) is 0 Å². The van der Waals surface area contributed by atoms with Gasteiger partial charge in [0, 0.05) is 17.1 Å². The van der Waals surface area contributed by atoms with E-state index in [1.54, 1.807) is 6.07 Å². The third kappa shape index (κ3) is 3.71. The Morgan fingerprint density at radius 2 is 1.86 bits per heavy atom. The number of hydrogen-bond acceptors (Lipinski definition) is 5. The second-order valence-electron chi connectivity index (χ2n) is 4.02. The van der Waals surface area contributed by atoms with Crippen molar-refractivity contribution in [2.45, 2.75) is 0 Å². The summed E-state index contributed by atoms with van der Waals surface area (Å²) < 4.78 is 28.3. The Bertz CT molecular complexity index is 696. The van der Waals surface area contributed by atoms with E-state index < -0.39 is 11.6 Å². The molecule has 0 bridgehead atoms. The van der Waals surface area contributed by atoms with Gasteiger partial charge in [-0.2, -0.15) is 0 Å². The Kier molecular flexibility index (Phi) is 6.26. The lowest BCUT2D eigenvalue weighted by Gasteiger charge is -2.14. The lowest BCUT2D eigenvalue weighted by atomic mass is 10.1. The molecule has 2 aromatic carbocycles. The van der Waals surface area contributed by atoms with Gasteiger partial charge in [-0.15, -0.1) is 0 Å². The fourth-order valence-electron chi connectivity index (χ4n) is 1.65. The molecular formula is C14H14BrF2N3O2. The van der Waals surface area contributed by atoms with Crippen molar-refractivity contribution in [2.75, 3.05) is 23.9 Å². The first-order chi connectivity index (χ1) is 10.4. The molecule has 0 unspecified atom stereocenters. The number of aldehydes is 1. The van der Waals surface area contributed by atoms with Crippen molar-refractivity contribution in [3.05, 3.63) is 45.9 Å². The van der Waals surface area contributed by atoms with Crippen LogP contribution in [0.25, 0.3) is 0 Å². The van der Waals surface area contributed by atoms with Crippen LogP contribution < -0.4 is 16.8 Å². The zero-order valence-corrected chi connectivity index (χ0v) is 13.1. The van der Waals surface area contributed by atoms with Crippen LogP contribution in [-0.4, -0.2) is 18.5 Å². The lowest BCUT2D eigenvalue weighted by Crippen LogP contribution is -2.06. The molecule has 6 N–H and O–H groups in total. The molecule has 22 heavy (non-hydrogen) atoms. The van der Waals surface area contributed by atoms with Crippen molar-refractivity contribution in [3.8, 4) is 0 Å². The summed E-state index contributed by atoms with van der Waals surface area (Å²) in [5.41, 5.74) is 10.4. The molecule has 8 heteroatoms. The van der Waals surface area contributed by atoms with Crippen LogP contribution in [0.2, 0.25) is 0 Å².